The summed E-state index contributed by atoms with van der Waals surface area (Å²) in [6, 6.07) is 121. The van der Waals surface area contributed by atoms with Crippen molar-refractivity contribution in [3.05, 3.63) is 567 Å². The van der Waals surface area contributed by atoms with Crippen molar-refractivity contribution in [2.24, 2.45) is 0 Å². The van der Waals surface area contributed by atoms with Crippen LogP contribution >= 0.6 is 0 Å². The molecule has 0 aromatic heterocycles. The lowest BCUT2D eigenvalue weighted by molar-refractivity contribution is 0.103. The quantitative estimate of drug-likeness (QED) is 0.0892. The van der Waals surface area contributed by atoms with Gasteiger partial charge >= 0.3 is 0 Å². The minimum atomic E-state index is -0.0953. The molecule has 0 saturated heterocycles. The lowest BCUT2D eigenvalue weighted by Gasteiger charge is -2.02. The maximum Gasteiger partial charge on any atom is 0.193 e. The van der Waals surface area contributed by atoms with Crippen LogP contribution in [0.4, 0.5) is 0 Å². The molecule has 16 aromatic carbocycles. The first kappa shape index (κ1) is 81.3. The molecule has 126 heavy (non-hydrogen) atoms. The molecule has 0 saturated carbocycles. The Kier molecular flexibility index (Phi) is 25.5. The van der Waals surface area contributed by atoms with Gasteiger partial charge in [0.25, 0.3) is 0 Å². The van der Waals surface area contributed by atoms with Gasteiger partial charge in [-0.05, 0) is 218 Å². The summed E-state index contributed by atoms with van der Waals surface area (Å²) in [6.45, 7) is 0. The Morgan fingerprint density at radius 2 is 0.190 bits per heavy atom. The average Bonchev–Trinajstić information content (AvgIpc) is 0.875. The Hall–Kier alpha value is -18.4. The van der Waals surface area contributed by atoms with Crippen LogP contribution in [-0.4, -0.2) is 34.7 Å². The number of rotatable bonds is 12. The van der Waals surface area contributed by atoms with Gasteiger partial charge in [0.1, 0.15) is 0 Å². The SMILES string of the molecule is O=C(c1ccccc1)c1ccc(C#Cc2cc(C#Cc3ccc(C(=O)c4ccccc4)cc3)cc(C#Cc3cc(C#Cc4cc(C#Cc5ccc(C(=O)c6ccccc6)cc5)cc(C#Cc5ccc(C(=O)c6ccccc6)cc5)c4)cc(C#Cc4cc(C#Cc5ccc(C(=O)c6ccccc6)cc5)cc(C#Cc5ccc(C(=O)c6ccccc6)cc5)c4)c3)c2)cc1. The van der Waals surface area contributed by atoms with Crippen LogP contribution in [0.15, 0.2) is 400 Å². The van der Waals surface area contributed by atoms with E-state index >= 15 is 0 Å². The van der Waals surface area contributed by atoms with Crippen LogP contribution in [0.1, 0.15) is 196 Å². The highest BCUT2D eigenvalue weighted by molar-refractivity contribution is 6.12. The van der Waals surface area contributed by atoms with E-state index in [1.807, 2.05) is 255 Å². The number of benzene rings is 16. The molecule has 0 atom stereocenters. The zero-order valence-electron chi connectivity index (χ0n) is 67.6. The van der Waals surface area contributed by atoms with Gasteiger partial charge in [0.2, 0.25) is 0 Å². The molecule has 0 aliphatic carbocycles. The number of carbonyl (C=O) groups excluding carboxylic acids is 6. The van der Waals surface area contributed by atoms with Crippen LogP contribution in [0, 0.1) is 107 Å². The topological polar surface area (TPSA) is 102 Å². The fourth-order valence-corrected chi connectivity index (χ4v) is 13.4. The van der Waals surface area contributed by atoms with E-state index in [0.717, 1.165) is 0 Å². The van der Waals surface area contributed by atoms with E-state index in [1.165, 1.54) is 0 Å². The summed E-state index contributed by atoms with van der Waals surface area (Å²) in [6.07, 6.45) is 0. The van der Waals surface area contributed by atoms with Crippen molar-refractivity contribution in [3.8, 4) is 107 Å². The molecule has 0 heterocycles. The normalized spacial score (nSPS) is 10.0. The van der Waals surface area contributed by atoms with Crippen molar-refractivity contribution >= 4 is 34.7 Å². The van der Waals surface area contributed by atoms with Crippen LogP contribution in [0.3, 0.4) is 0 Å². The Balaban J connectivity index is 0.791. The third-order valence-electron chi connectivity index (χ3n) is 20.0. The number of carbonyl (C=O) groups is 6. The Morgan fingerprint density at radius 3 is 0.294 bits per heavy atom. The summed E-state index contributed by atoms with van der Waals surface area (Å²) in [5.41, 5.74) is 18.1. The van der Waals surface area contributed by atoms with Gasteiger partial charge < -0.3 is 0 Å². The van der Waals surface area contributed by atoms with Crippen LogP contribution in [-0.2, 0) is 0 Å². The van der Waals surface area contributed by atoms with Gasteiger partial charge in [-0.15, -0.1) is 0 Å². The lowest BCUT2D eigenvalue weighted by atomic mass is 10.0. The molecule has 0 fully saturated rings. The first-order chi connectivity index (χ1) is 61.8. The second-order valence-corrected chi connectivity index (χ2v) is 29.1. The van der Waals surface area contributed by atoms with Crippen molar-refractivity contribution in [1.29, 1.82) is 0 Å². The molecule has 0 bridgehead atoms. The second-order valence-electron chi connectivity index (χ2n) is 29.1. The molecule has 0 aliphatic rings. The third-order valence-corrected chi connectivity index (χ3v) is 20.0. The van der Waals surface area contributed by atoms with E-state index in [4.69, 9.17) is 0 Å². The van der Waals surface area contributed by atoms with Gasteiger partial charge in [-0.25, -0.2) is 0 Å². The average molecular weight is 1600 g/mol. The highest BCUT2D eigenvalue weighted by atomic mass is 16.1. The predicted octanol–water partition coefficient (Wildman–Crippen LogP) is 21.7. The van der Waals surface area contributed by atoms with E-state index in [0.29, 0.717) is 167 Å². The summed E-state index contributed by atoms with van der Waals surface area (Å²) in [7, 11) is 0. The third kappa shape index (κ3) is 21.7. The summed E-state index contributed by atoms with van der Waals surface area (Å²) in [5.74, 6) is 59.8. The second kappa shape index (κ2) is 39.4. The minimum Gasteiger partial charge on any atom is -0.289 e. The summed E-state index contributed by atoms with van der Waals surface area (Å²) in [5, 5.41) is 0. The molecule has 0 spiro atoms. The molecule has 0 amide bonds. The molecular formula is C120H66O6. The highest BCUT2D eigenvalue weighted by Gasteiger charge is 2.15. The number of ketones is 6. The lowest BCUT2D eigenvalue weighted by Crippen LogP contribution is -2.00. The van der Waals surface area contributed by atoms with Gasteiger partial charge in [0.05, 0.1) is 0 Å². The van der Waals surface area contributed by atoms with Crippen molar-refractivity contribution < 1.29 is 28.8 Å². The molecule has 0 N–H and O–H groups in total. The zero-order valence-corrected chi connectivity index (χ0v) is 67.6. The Morgan fingerprint density at radius 1 is 0.103 bits per heavy atom. The summed E-state index contributed by atoms with van der Waals surface area (Å²) >= 11 is 0. The minimum absolute atomic E-state index is 0.0953. The van der Waals surface area contributed by atoms with Crippen LogP contribution in [0.5, 0.6) is 0 Å². The van der Waals surface area contributed by atoms with Gasteiger partial charge in [-0.1, -0.05) is 289 Å². The molecule has 582 valence electrons. The van der Waals surface area contributed by atoms with Crippen LogP contribution in [0.2, 0.25) is 0 Å². The fraction of sp³-hybridized carbons (Fsp3) is 0. The van der Waals surface area contributed by atoms with Crippen molar-refractivity contribution in [3.63, 3.8) is 0 Å². The van der Waals surface area contributed by atoms with E-state index in [9.17, 15) is 28.8 Å². The number of hydrogen-bond acceptors (Lipinski definition) is 6. The van der Waals surface area contributed by atoms with E-state index in [2.05, 4.69) is 107 Å². The number of hydrogen-bond donors (Lipinski definition) is 0. The Bertz CT molecular complexity index is 6420. The van der Waals surface area contributed by atoms with Gasteiger partial charge in [0.15, 0.2) is 34.7 Å². The van der Waals surface area contributed by atoms with E-state index in [1.54, 1.807) is 146 Å². The fourth-order valence-electron chi connectivity index (χ4n) is 13.4. The van der Waals surface area contributed by atoms with Crippen molar-refractivity contribution in [2.45, 2.75) is 0 Å². The van der Waals surface area contributed by atoms with Gasteiger partial charge in [-0.3, -0.25) is 28.8 Å². The van der Waals surface area contributed by atoms with E-state index < -0.39 is 0 Å². The maximum atomic E-state index is 13.4. The molecule has 16 aromatic rings. The van der Waals surface area contributed by atoms with Crippen LogP contribution in [0.25, 0.3) is 0 Å². The van der Waals surface area contributed by atoms with Gasteiger partial charge in [0, 0.05) is 167 Å². The Labute approximate surface area is 732 Å². The molecule has 6 nitrogen and oxygen atoms in total. The smallest absolute Gasteiger partial charge is 0.193 e. The predicted molar refractivity (Wildman–Crippen MR) is 497 cm³/mol. The molecule has 0 unspecified atom stereocenters. The maximum absolute atomic E-state index is 13.4. The first-order valence-electron chi connectivity index (χ1n) is 40.3. The van der Waals surface area contributed by atoms with Crippen LogP contribution < -0.4 is 0 Å². The molecular weight excluding hydrogens is 1540 g/mol. The molecule has 0 radical (unpaired) electrons. The molecule has 16 rings (SSSR count). The molecule has 0 aliphatic heterocycles. The zero-order chi connectivity index (χ0) is 86.2. The summed E-state index contributed by atoms with van der Waals surface area (Å²) < 4.78 is 0. The van der Waals surface area contributed by atoms with Crippen molar-refractivity contribution in [2.75, 3.05) is 0 Å². The van der Waals surface area contributed by atoms with Gasteiger partial charge in [-0.2, -0.15) is 0 Å². The standard InChI is InChI=1S/C120H66O6/c121-115(103-19-7-1-8-20-103)109-61-49-85(50-62-109)31-37-91-73-92(38-32-86-51-63-110(64-52-86)116(122)104-21-9-2-10-22-104)77-97(76-91)43-46-100-82-101(47-44-98-78-93(39-33-87-53-65-111(66-54-87)117(123)105-23-11-3-12-24-105)74-94(79-98)40-34-88-55-67-112(68-56-88)118(124)106-25-13-4-14-26-106)84-102(83-100)48-45-99-80-95(41-35-89-57-69-113(70-58-89)119(125)107-27-15-5-16-28-107)75-96(81-99)42-36-90-59-71-114(72-60-90)120(126)108-29-17-6-18-30-108/h1-30,49-84H. The largest absolute Gasteiger partial charge is 0.289 e. The highest BCUT2D eigenvalue weighted by Crippen LogP contribution is 2.22. The molecule has 6 heteroatoms. The summed E-state index contributed by atoms with van der Waals surface area (Å²) in [4.78, 5) is 80.4. The first-order valence-corrected chi connectivity index (χ1v) is 40.3. The van der Waals surface area contributed by atoms with E-state index in [-0.39, 0.29) is 34.7 Å². The monoisotopic (exact) mass is 1600 g/mol. The van der Waals surface area contributed by atoms with Crippen molar-refractivity contribution in [1.82, 2.24) is 0 Å².